The molecule has 0 aliphatic heterocycles. The second-order valence-corrected chi connectivity index (χ2v) is 14.8. The summed E-state index contributed by atoms with van der Waals surface area (Å²) in [5.74, 6) is -0.0825. The van der Waals surface area contributed by atoms with Crippen molar-refractivity contribution >= 4 is 30.0 Å². The first-order valence-electron chi connectivity index (χ1n) is 21.5. The number of hydrogen-bond acceptors (Lipinski definition) is 10. The summed E-state index contributed by atoms with van der Waals surface area (Å²) in [5.41, 5.74) is 2.12. The van der Waals surface area contributed by atoms with Crippen LogP contribution in [-0.2, 0) is 23.7 Å². The van der Waals surface area contributed by atoms with Gasteiger partial charge in [0.15, 0.2) is 0 Å². The van der Waals surface area contributed by atoms with Gasteiger partial charge in [0.2, 0.25) is 5.91 Å². The monoisotopic (exact) mass is 775 g/mol. The Hall–Kier alpha value is -3.31. The number of benzene rings is 1. The smallest absolute Gasteiger partial charge is 0.434 e. The van der Waals surface area contributed by atoms with Gasteiger partial charge < -0.3 is 39.0 Å². The Balaban J connectivity index is 2.34. The minimum atomic E-state index is -0.569. The number of hydrogen-bond donors (Lipinski definition) is 1. The molecule has 55 heavy (non-hydrogen) atoms. The van der Waals surface area contributed by atoms with Gasteiger partial charge in [-0.1, -0.05) is 90.2 Å². The number of nitrogens with zero attached hydrogens (tertiary/aromatic N) is 3. The molecular formula is C44H78N4O7. The average molecular weight is 775 g/mol. The van der Waals surface area contributed by atoms with Crippen LogP contribution in [0.15, 0.2) is 30.3 Å². The van der Waals surface area contributed by atoms with Crippen molar-refractivity contribution in [2.45, 2.75) is 129 Å². The highest BCUT2D eigenvalue weighted by Crippen LogP contribution is 2.13. The van der Waals surface area contributed by atoms with Crippen LogP contribution < -0.4 is 10.2 Å². The number of rotatable bonds is 35. The molecule has 0 aliphatic rings. The van der Waals surface area contributed by atoms with Crippen LogP contribution in [0.3, 0.4) is 0 Å². The standard InChI is InChI=1S/C44H78N4O7/c1-6-8-10-12-14-18-36-52-43(50)54-38-20-16-33-48(34-17-21-39-55-44(51)53-37-19-15-13-11-9-7-2)35-23-32-47(5)31-22-30-45-42(49)29-26-40-24-27-41(28-25-40)46(3)4/h24-29H,6-23,30-39H2,1-5H3,(H,45,49)/b29-26+. The number of unbranched alkanes of at least 4 members (excludes halogenated alkanes) is 12. The van der Waals surface area contributed by atoms with Gasteiger partial charge in [-0.15, -0.1) is 0 Å². The van der Waals surface area contributed by atoms with Gasteiger partial charge >= 0.3 is 12.3 Å². The van der Waals surface area contributed by atoms with E-state index in [2.05, 4.69) is 36.0 Å². The Morgan fingerprint density at radius 2 is 0.982 bits per heavy atom. The quantitative estimate of drug-likeness (QED) is 0.0407. The van der Waals surface area contributed by atoms with Gasteiger partial charge in [0, 0.05) is 32.4 Å². The molecule has 0 aromatic heterocycles. The minimum Gasteiger partial charge on any atom is -0.434 e. The molecule has 11 nitrogen and oxygen atoms in total. The number of carbonyl (C=O) groups is 3. The zero-order chi connectivity index (χ0) is 40.2. The molecule has 0 fully saturated rings. The molecule has 0 saturated carbocycles. The van der Waals surface area contributed by atoms with Crippen LogP contribution in [0.5, 0.6) is 0 Å². The van der Waals surface area contributed by atoms with E-state index < -0.39 is 12.3 Å². The van der Waals surface area contributed by atoms with E-state index in [1.54, 1.807) is 6.08 Å². The third-order valence-electron chi connectivity index (χ3n) is 9.48. The van der Waals surface area contributed by atoms with Gasteiger partial charge in [-0.25, -0.2) is 9.59 Å². The Morgan fingerprint density at radius 3 is 1.47 bits per heavy atom. The maximum atomic E-state index is 12.3. The third kappa shape index (κ3) is 30.6. The molecule has 0 saturated heterocycles. The Labute approximate surface area is 334 Å². The van der Waals surface area contributed by atoms with Crippen LogP contribution in [0.25, 0.3) is 6.08 Å². The second kappa shape index (κ2) is 35.1. The third-order valence-corrected chi connectivity index (χ3v) is 9.48. The Morgan fingerprint density at radius 1 is 0.545 bits per heavy atom. The largest absolute Gasteiger partial charge is 0.508 e. The van der Waals surface area contributed by atoms with Crippen LogP contribution in [0, 0.1) is 0 Å². The topological polar surface area (TPSA) is 110 Å². The molecule has 1 aromatic rings. The summed E-state index contributed by atoms with van der Waals surface area (Å²) in [6, 6.07) is 8.08. The van der Waals surface area contributed by atoms with Crippen LogP contribution >= 0.6 is 0 Å². The molecule has 1 amide bonds. The fourth-order valence-electron chi connectivity index (χ4n) is 6.03. The molecule has 0 spiro atoms. The summed E-state index contributed by atoms with van der Waals surface area (Å²) < 4.78 is 21.1. The van der Waals surface area contributed by atoms with E-state index in [0.717, 1.165) is 108 Å². The fraction of sp³-hybridized carbons (Fsp3) is 0.750. The number of carbonyl (C=O) groups excluding carboxylic acids is 3. The fourth-order valence-corrected chi connectivity index (χ4v) is 6.03. The molecule has 1 aromatic carbocycles. The van der Waals surface area contributed by atoms with Crippen molar-refractivity contribution in [1.29, 1.82) is 0 Å². The summed E-state index contributed by atoms with van der Waals surface area (Å²) in [5, 5.41) is 2.99. The molecule has 1 N–H and O–H groups in total. The van der Waals surface area contributed by atoms with E-state index >= 15 is 0 Å². The van der Waals surface area contributed by atoms with Gasteiger partial charge in [-0.3, -0.25) is 4.79 Å². The second-order valence-electron chi connectivity index (χ2n) is 14.8. The van der Waals surface area contributed by atoms with E-state index in [-0.39, 0.29) is 5.91 Å². The van der Waals surface area contributed by atoms with Crippen LogP contribution in [0.4, 0.5) is 15.3 Å². The van der Waals surface area contributed by atoms with Gasteiger partial charge in [0.05, 0.1) is 26.4 Å². The highest BCUT2D eigenvalue weighted by Gasteiger charge is 2.09. The first-order chi connectivity index (χ1) is 26.7. The molecule has 0 radical (unpaired) electrons. The number of ether oxygens (including phenoxy) is 4. The lowest BCUT2D eigenvalue weighted by molar-refractivity contribution is -0.116. The average Bonchev–Trinajstić information content (AvgIpc) is 3.17. The van der Waals surface area contributed by atoms with E-state index in [9.17, 15) is 14.4 Å². The van der Waals surface area contributed by atoms with Crippen molar-refractivity contribution < 1.29 is 33.3 Å². The zero-order valence-electron chi connectivity index (χ0n) is 35.5. The lowest BCUT2D eigenvalue weighted by Gasteiger charge is -2.24. The molecule has 0 bridgehead atoms. The SMILES string of the molecule is CCCCCCCCOC(=O)OCCCCN(CCCCOC(=O)OCCCCCCCC)CCCN(C)CCCNC(=O)/C=C/c1ccc(N(C)C)cc1. The van der Waals surface area contributed by atoms with Crippen molar-refractivity contribution in [3.05, 3.63) is 35.9 Å². The summed E-state index contributed by atoms with van der Waals surface area (Å²) in [6.07, 6.45) is 21.3. The van der Waals surface area contributed by atoms with Crippen molar-refractivity contribution in [1.82, 2.24) is 15.1 Å². The molecule has 0 unspecified atom stereocenters. The van der Waals surface area contributed by atoms with E-state index in [1.165, 1.54) is 51.4 Å². The summed E-state index contributed by atoms with van der Waals surface area (Å²) in [4.78, 5) is 43.0. The lowest BCUT2D eigenvalue weighted by Crippen LogP contribution is -2.32. The highest BCUT2D eigenvalue weighted by atomic mass is 16.7. The first-order valence-corrected chi connectivity index (χ1v) is 21.5. The highest BCUT2D eigenvalue weighted by molar-refractivity contribution is 5.91. The van der Waals surface area contributed by atoms with Crippen molar-refractivity contribution in [2.24, 2.45) is 0 Å². The number of amides is 1. The molecule has 0 heterocycles. The normalized spacial score (nSPS) is 11.3. The van der Waals surface area contributed by atoms with Crippen molar-refractivity contribution in [3.63, 3.8) is 0 Å². The first kappa shape index (κ1) is 49.7. The van der Waals surface area contributed by atoms with Gasteiger partial charge in [-0.05, 0) is 115 Å². The minimum absolute atomic E-state index is 0.0825. The summed E-state index contributed by atoms with van der Waals surface area (Å²) >= 11 is 0. The Kier molecular flexibility index (Phi) is 31.7. The van der Waals surface area contributed by atoms with Crippen molar-refractivity contribution in [2.75, 3.05) is 91.7 Å². The van der Waals surface area contributed by atoms with Crippen molar-refractivity contribution in [3.8, 4) is 0 Å². The van der Waals surface area contributed by atoms with Gasteiger partial charge in [-0.2, -0.15) is 0 Å². The maximum Gasteiger partial charge on any atom is 0.508 e. The lowest BCUT2D eigenvalue weighted by atomic mass is 10.1. The van der Waals surface area contributed by atoms with E-state index in [1.807, 2.05) is 49.3 Å². The van der Waals surface area contributed by atoms with E-state index in [0.29, 0.717) is 33.0 Å². The van der Waals surface area contributed by atoms with Gasteiger partial charge in [0.25, 0.3) is 0 Å². The zero-order valence-corrected chi connectivity index (χ0v) is 35.5. The molecule has 0 atom stereocenters. The molecule has 11 heteroatoms. The molecule has 1 rings (SSSR count). The van der Waals surface area contributed by atoms with Crippen LogP contribution in [0.2, 0.25) is 0 Å². The maximum absolute atomic E-state index is 12.3. The summed E-state index contributed by atoms with van der Waals surface area (Å²) in [7, 11) is 6.13. The molecular weight excluding hydrogens is 697 g/mol. The van der Waals surface area contributed by atoms with Gasteiger partial charge in [0.1, 0.15) is 0 Å². The predicted molar refractivity (Wildman–Crippen MR) is 226 cm³/mol. The molecule has 316 valence electrons. The molecule has 0 aliphatic carbocycles. The summed E-state index contributed by atoms with van der Waals surface area (Å²) in [6.45, 7) is 11.2. The van der Waals surface area contributed by atoms with Crippen LogP contribution in [-0.4, -0.2) is 115 Å². The number of nitrogens with one attached hydrogen (secondary N) is 1. The van der Waals surface area contributed by atoms with Crippen LogP contribution in [0.1, 0.15) is 135 Å². The Bertz CT molecular complexity index is 1080. The number of anilines is 1. The van der Waals surface area contributed by atoms with E-state index in [4.69, 9.17) is 18.9 Å². The predicted octanol–water partition coefficient (Wildman–Crippen LogP) is 9.48.